The highest BCUT2D eigenvalue weighted by atomic mass is 32.2. The van der Waals surface area contributed by atoms with Crippen LogP contribution in [0.4, 0.5) is 5.82 Å². The molecule has 5 rings (SSSR count). The Hall–Kier alpha value is -3.38. The molecule has 7 N–H and O–H groups in total. The van der Waals surface area contributed by atoms with Crippen molar-refractivity contribution < 1.29 is 34.4 Å². The number of rotatable bonds is 21. The molecule has 4 heterocycles. The fourth-order valence-corrected chi connectivity index (χ4v) is 8.00. The third kappa shape index (κ3) is 10.2. The lowest BCUT2D eigenvalue weighted by Crippen LogP contribution is -2.47. The topological polar surface area (TPSA) is 214 Å². The van der Waals surface area contributed by atoms with E-state index >= 15 is 0 Å². The monoisotopic (exact) mass is 756 g/mol. The molecule has 0 radical (unpaired) electrons. The van der Waals surface area contributed by atoms with Crippen LogP contribution in [0, 0.1) is 5.41 Å². The van der Waals surface area contributed by atoms with Crippen LogP contribution >= 0.6 is 11.8 Å². The maximum Gasteiger partial charge on any atom is 0.321 e. The summed E-state index contributed by atoms with van der Waals surface area (Å²) in [4.78, 5) is 51.6. The quantitative estimate of drug-likeness (QED) is 0.0767. The van der Waals surface area contributed by atoms with Gasteiger partial charge in [0.2, 0.25) is 11.8 Å². The van der Waals surface area contributed by atoms with Crippen LogP contribution in [0.25, 0.3) is 21.9 Å². The number of hydrogen-bond donors (Lipinski definition) is 5. The Kier molecular flexibility index (Phi) is 14.5. The highest BCUT2D eigenvalue weighted by Crippen LogP contribution is 2.33. The van der Waals surface area contributed by atoms with E-state index < -0.39 is 22.7 Å². The van der Waals surface area contributed by atoms with Gasteiger partial charge in [-0.3, -0.25) is 24.2 Å². The van der Waals surface area contributed by atoms with Crippen LogP contribution in [-0.4, -0.2) is 152 Å². The Balaban J connectivity index is 1.05. The van der Waals surface area contributed by atoms with Gasteiger partial charge >= 0.3 is 5.97 Å². The SMILES string of the molecule is CCCCc1nc2c(N)nc3cc(CCCN4CCN(CCOCCN5C(=O)CC(SC[C@H](N)C(=O)O)C5=O)CC4)ccc3c2n1CC(C)(CO)CO. The number of hydrogen-bond acceptors (Lipinski definition) is 13. The van der Waals surface area contributed by atoms with E-state index in [1.54, 1.807) is 0 Å². The van der Waals surface area contributed by atoms with E-state index in [-0.39, 0.29) is 50.4 Å². The van der Waals surface area contributed by atoms with Gasteiger partial charge in [-0.25, -0.2) is 9.97 Å². The van der Waals surface area contributed by atoms with Gasteiger partial charge in [-0.15, -0.1) is 11.8 Å². The van der Waals surface area contributed by atoms with Crippen molar-refractivity contribution in [2.45, 2.75) is 70.2 Å². The molecule has 292 valence electrons. The maximum absolute atomic E-state index is 12.6. The zero-order chi connectivity index (χ0) is 38.1. The van der Waals surface area contributed by atoms with Crippen LogP contribution in [0.5, 0.6) is 0 Å². The van der Waals surface area contributed by atoms with E-state index in [2.05, 4.69) is 39.5 Å². The molecule has 15 nitrogen and oxygen atoms in total. The Labute approximate surface area is 315 Å². The van der Waals surface area contributed by atoms with Gasteiger partial charge in [-0.1, -0.05) is 32.4 Å². The molecule has 2 aliphatic rings. The van der Waals surface area contributed by atoms with E-state index in [0.29, 0.717) is 24.5 Å². The van der Waals surface area contributed by atoms with Crippen molar-refractivity contribution >= 4 is 57.3 Å². The minimum absolute atomic E-state index is 0.0596. The molecule has 16 heteroatoms. The van der Waals surface area contributed by atoms with Crippen molar-refractivity contribution in [1.29, 1.82) is 0 Å². The summed E-state index contributed by atoms with van der Waals surface area (Å²) in [5.41, 5.74) is 14.9. The van der Waals surface area contributed by atoms with Crippen molar-refractivity contribution in [1.82, 2.24) is 29.2 Å². The largest absolute Gasteiger partial charge is 0.480 e. The number of aliphatic carboxylic acids is 1. The van der Waals surface area contributed by atoms with Gasteiger partial charge in [0.1, 0.15) is 17.4 Å². The third-order valence-electron chi connectivity index (χ3n) is 10.3. The minimum Gasteiger partial charge on any atom is -0.480 e. The van der Waals surface area contributed by atoms with Crippen LogP contribution in [0.15, 0.2) is 18.2 Å². The number of nitrogen functional groups attached to an aromatic ring is 1. The molecular formula is C37H56N8O7S. The molecule has 2 aromatic heterocycles. The van der Waals surface area contributed by atoms with E-state index in [9.17, 15) is 24.6 Å². The number of imide groups is 1. The smallest absolute Gasteiger partial charge is 0.321 e. The number of nitrogens with zero attached hydrogens (tertiary/aromatic N) is 6. The van der Waals surface area contributed by atoms with Crippen LogP contribution in [0.1, 0.15) is 50.9 Å². The predicted molar refractivity (Wildman–Crippen MR) is 206 cm³/mol. The van der Waals surface area contributed by atoms with Gasteiger partial charge < -0.3 is 41.0 Å². The number of fused-ring (bicyclic) bond motifs is 3. The van der Waals surface area contributed by atoms with E-state index in [0.717, 1.165) is 105 Å². The summed E-state index contributed by atoms with van der Waals surface area (Å²) < 4.78 is 7.90. The lowest BCUT2D eigenvalue weighted by Gasteiger charge is -2.34. The molecule has 1 unspecified atom stereocenters. The summed E-state index contributed by atoms with van der Waals surface area (Å²) >= 11 is 1.12. The van der Waals surface area contributed by atoms with Gasteiger partial charge in [0.15, 0.2) is 5.82 Å². The van der Waals surface area contributed by atoms with Crippen molar-refractivity contribution in [2.75, 3.05) is 83.7 Å². The lowest BCUT2D eigenvalue weighted by molar-refractivity contribution is -0.140. The summed E-state index contributed by atoms with van der Waals surface area (Å²) in [5, 5.41) is 29.5. The van der Waals surface area contributed by atoms with Gasteiger partial charge in [0.25, 0.3) is 0 Å². The Morgan fingerprint density at radius 2 is 1.74 bits per heavy atom. The average molecular weight is 757 g/mol. The number of aliphatic hydroxyl groups is 2. The number of aromatic nitrogens is 3. The number of unbranched alkanes of at least 4 members (excludes halogenated alkanes) is 1. The van der Waals surface area contributed by atoms with Gasteiger partial charge in [-0.2, -0.15) is 0 Å². The molecule has 2 fully saturated rings. The normalized spacial score (nSPS) is 18.2. The highest BCUT2D eigenvalue weighted by molar-refractivity contribution is 8.00. The average Bonchev–Trinajstić information content (AvgIpc) is 3.64. The number of carbonyl (C=O) groups is 3. The number of carboxylic acids is 1. The van der Waals surface area contributed by atoms with Crippen molar-refractivity contribution in [3.05, 3.63) is 29.6 Å². The van der Waals surface area contributed by atoms with Gasteiger partial charge in [-0.05, 0) is 37.4 Å². The zero-order valence-corrected chi connectivity index (χ0v) is 31.9. The number of amides is 2. The summed E-state index contributed by atoms with van der Waals surface area (Å²) in [6.07, 6.45) is 4.76. The molecule has 2 atom stereocenters. The standard InChI is InChI=1S/C37H56N8O7S/c1-3-4-7-30-41-32-33(45(30)22-37(2,23-46)24-47)26-9-8-25(19-28(26)40-34(32)39)6-5-10-42-11-13-43(14-12-42)15-17-52-18-16-44-31(48)20-29(35(44)49)53-21-27(38)36(50)51/h8-9,19,27,29,46-47H,3-7,10-18,20-24,38H2,1-2H3,(H2,39,40)(H,50,51)/t27-,29?/m0/s1. The number of benzene rings is 1. The number of aliphatic hydroxyl groups excluding tert-OH is 2. The maximum atomic E-state index is 12.6. The van der Waals surface area contributed by atoms with E-state index in [1.165, 1.54) is 10.5 Å². The van der Waals surface area contributed by atoms with E-state index in [4.69, 9.17) is 31.3 Å². The fraction of sp³-hybridized carbons (Fsp3) is 0.649. The summed E-state index contributed by atoms with van der Waals surface area (Å²) in [7, 11) is 0. The number of nitrogens with two attached hydrogens (primary N) is 2. The number of aryl methyl sites for hydroxylation is 2. The summed E-state index contributed by atoms with van der Waals surface area (Å²) in [6, 6.07) is 5.31. The van der Waals surface area contributed by atoms with Crippen molar-refractivity contribution in [2.24, 2.45) is 11.1 Å². The number of ether oxygens (including phenoxy) is 1. The molecule has 2 aliphatic heterocycles. The number of carbonyl (C=O) groups excluding carboxylic acids is 2. The second kappa shape index (κ2) is 18.8. The second-order valence-corrected chi connectivity index (χ2v) is 15.9. The molecule has 0 bridgehead atoms. The number of likely N-dealkylation sites (tertiary alicyclic amines) is 1. The Morgan fingerprint density at radius 3 is 2.42 bits per heavy atom. The molecule has 0 saturated carbocycles. The number of thioether (sulfide) groups is 1. The third-order valence-corrected chi connectivity index (χ3v) is 11.6. The minimum atomic E-state index is -1.13. The van der Waals surface area contributed by atoms with Gasteiger partial charge in [0.05, 0.1) is 49.3 Å². The van der Waals surface area contributed by atoms with Crippen LogP contribution in [0.3, 0.4) is 0 Å². The molecule has 0 spiro atoms. The number of carboxylic acid groups (broad SMARTS) is 1. The predicted octanol–water partition coefficient (Wildman–Crippen LogP) is 1.34. The lowest BCUT2D eigenvalue weighted by atomic mass is 9.92. The first-order valence-electron chi connectivity index (χ1n) is 18.7. The van der Waals surface area contributed by atoms with Crippen molar-refractivity contribution in [3.63, 3.8) is 0 Å². The Bertz CT molecular complexity index is 1730. The van der Waals surface area contributed by atoms with Crippen LogP contribution in [0.2, 0.25) is 0 Å². The highest BCUT2D eigenvalue weighted by Gasteiger charge is 2.39. The number of pyridine rings is 1. The number of anilines is 1. The molecule has 0 aliphatic carbocycles. The molecular weight excluding hydrogens is 701 g/mol. The summed E-state index contributed by atoms with van der Waals surface area (Å²) in [6.45, 7) is 10.7. The Morgan fingerprint density at radius 1 is 1.04 bits per heavy atom. The number of imidazole rings is 1. The fourth-order valence-electron chi connectivity index (χ4n) is 6.89. The van der Waals surface area contributed by atoms with Gasteiger partial charge in [0, 0.05) is 68.7 Å². The van der Waals surface area contributed by atoms with Crippen LogP contribution < -0.4 is 11.5 Å². The molecule has 3 aromatic rings. The first kappa shape index (κ1) is 40.8. The zero-order valence-electron chi connectivity index (χ0n) is 31.0. The molecule has 2 saturated heterocycles. The van der Waals surface area contributed by atoms with Crippen molar-refractivity contribution in [3.8, 4) is 0 Å². The summed E-state index contributed by atoms with van der Waals surface area (Å²) in [5.74, 6) is -0.332. The number of piperazine rings is 1. The molecule has 2 amide bonds. The second-order valence-electron chi connectivity index (χ2n) is 14.6. The molecule has 1 aromatic carbocycles. The van der Waals surface area contributed by atoms with Crippen LogP contribution in [-0.2, 0) is 38.5 Å². The van der Waals surface area contributed by atoms with E-state index in [1.807, 2.05) is 6.92 Å². The first-order valence-corrected chi connectivity index (χ1v) is 19.8. The first-order chi connectivity index (χ1) is 25.5. The molecule has 53 heavy (non-hydrogen) atoms.